The molecule has 12 nitrogen and oxygen atoms in total. The van der Waals surface area contributed by atoms with Crippen LogP contribution in [0.3, 0.4) is 0 Å². The summed E-state index contributed by atoms with van der Waals surface area (Å²) in [6.45, 7) is 3.80. The third-order valence-corrected chi connectivity index (χ3v) is 11.0. The van der Waals surface area contributed by atoms with Crippen molar-refractivity contribution in [2.24, 2.45) is 0 Å². The molecule has 6 unspecified atom stereocenters. The van der Waals surface area contributed by atoms with Crippen molar-refractivity contribution in [2.75, 3.05) is 26.4 Å². The van der Waals surface area contributed by atoms with Crippen LogP contribution in [0.4, 0.5) is 0 Å². The van der Waals surface area contributed by atoms with Crippen LogP contribution in [0.2, 0.25) is 0 Å². The monoisotopic (exact) mass is 911 g/mol. The van der Waals surface area contributed by atoms with Gasteiger partial charge in [0.15, 0.2) is 6.29 Å². The third-order valence-electron chi connectivity index (χ3n) is 10.6. The number of ether oxygens (including phenoxy) is 4. The van der Waals surface area contributed by atoms with Gasteiger partial charge in [-0.25, -0.2) is 4.18 Å². The molecule has 1 fully saturated rings. The first-order chi connectivity index (χ1) is 30.6. The van der Waals surface area contributed by atoms with Gasteiger partial charge in [-0.15, -0.1) is 0 Å². The molecule has 0 spiro atoms. The van der Waals surface area contributed by atoms with E-state index >= 15 is 0 Å². The topological polar surface area (TPSA) is 178 Å². The van der Waals surface area contributed by atoms with Gasteiger partial charge in [0.05, 0.1) is 19.8 Å². The van der Waals surface area contributed by atoms with Crippen LogP contribution in [0, 0.1) is 0 Å². The summed E-state index contributed by atoms with van der Waals surface area (Å²) in [7, 11) is -5.07. The van der Waals surface area contributed by atoms with Crippen LogP contribution in [0.25, 0.3) is 0 Å². The molecule has 0 amide bonds. The Hall–Kier alpha value is -2.46. The van der Waals surface area contributed by atoms with Crippen LogP contribution in [-0.2, 0) is 38.3 Å². The fourth-order valence-electron chi connectivity index (χ4n) is 6.91. The van der Waals surface area contributed by atoms with Gasteiger partial charge in [0.1, 0.15) is 30.5 Å². The van der Waals surface area contributed by atoms with Gasteiger partial charge in [-0.1, -0.05) is 164 Å². The minimum absolute atomic E-state index is 0.0218. The molecular weight excluding hydrogens is 825 g/mol. The Kier molecular flexibility index (Phi) is 38.1. The average Bonchev–Trinajstić information content (AvgIpc) is 3.26. The normalized spacial score (nSPS) is 20.5. The van der Waals surface area contributed by atoms with E-state index in [-0.39, 0.29) is 19.6 Å². The van der Waals surface area contributed by atoms with Crippen molar-refractivity contribution in [3.05, 3.63) is 72.9 Å². The largest absolute Gasteiger partial charge is 0.457 e. The SMILES string of the molecule is CC/C=C\C/C=C\C/C=C\C/C=C\CCCCCCCCCCC(=O)OC(COCCCCCCCC/C=C\C/C=C\CCCC)COC1OC(CO)C(O)C(OS(=O)(=O)O)C1O. The summed E-state index contributed by atoms with van der Waals surface area (Å²) in [4.78, 5) is 12.9. The molecule has 1 saturated heterocycles. The number of esters is 1. The number of unbranched alkanes of at least 4 members (excludes halogenated alkanes) is 16. The van der Waals surface area contributed by atoms with Gasteiger partial charge in [-0.05, 0) is 77.0 Å². The summed E-state index contributed by atoms with van der Waals surface area (Å²) in [6.07, 6.45) is 43.5. The van der Waals surface area contributed by atoms with Crippen LogP contribution < -0.4 is 0 Å². The van der Waals surface area contributed by atoms with Crippen molar-refractivity contribution < 1.29 is 56.2 Å². The van der Waals surface area contributed by atoms with Crippen molar-refractivity contribution in [2.45, 2.75) is 211 Å². The van der Waals surface area contributed by atoms with Crippen LogP contribution in [-0.4, -0.2) is 97.5 Å². The number of hydrogen-bond donors (Lipinski definition) is 4. The fourth-order valence-corrected chi connectivity index (χ4v) is 7.42. The van der Waals surface area contributed by atoms with Crippen molar-refractivity contribution in [3.8, 4) is 0 Å². The zero-order valence-electron chi connectivity index (χ0n) is 38.9. The molecule has 6 atom stereocenters. The van der Waals surface area contributed by atoms with E-state index < -0.39 is 59.8 Å². The molecule has 4 N–H and O–H groups in total. The highest BCUT2D eigenvalue weighted by Crippen LogP contribution is 2.26. The highest BCUT2D eigenvalue weighted by molar-refractivity contribution is 7.80. The van der Waals surface area contributed by atoms with Crippen molar-refractivity contribution in [1.29, 1.82) is 0 Å². The number of carbonyl (C=O) groups is 1. The number of carbonyl (C=O) groups excluding carboxylic acids is 1. The molecule has 63 heavy (non-hydrogen) atoms. The molecule has 1 aliphatic rings. The first-order valence-electron chi connectivity index (χ1n) is 24.2. The summed E-state index contributed by atoms with van der Waals surface area (Å²) < 4.78 is 59.1. The average molecular weight is 911 g/mol. The predicted octanol–water partition coefficient (Wildman–Crippen LogP) is 10.7. The Morgan fingerprint density at radius 2 is 1.10 bits per heavy atom. The molecular formula is C50H86O12S. The zero-order chi connectivity index (χ0) is 46.1. The lowest BCUT2D eigenvalue weighted by atomic mass is 9.99. The van der Waals surface area contributed by atoms with Crippen LogP contribution >= 0.6 is 0 Å². The summed E-state index contributed by atoms with van der Waals surface area (Å²) in [6, 6.07) is 0. The Morgan fingerprint density at radius 3 is 1.60 bits per heavy atom. The van der Waals surface area contributed by atoms with Gasteiger partial charge in [-0.3, -0.25) is 9.35 Å². The lowest BCUT2D eigenvalue weighted by Gasteiger charge is -2.41. The zero-order valence-corrected chi connectivity index (χ0v) is 39.7. The van der Waals surface area contributed by atoms with E-state index in [1.54, 1.807) is 0 Å². The van der Waals surface area contributed by atoms with E-state index in [0.29, 0.717) is 13.0 Å². The molecule has 0 saturated carbocycles. The van der Waals surface area contributed by atoms with E-state index in [4.69, 9.17) is 18.9 Å². The summed E-state index contributed by atoms with van der Waals surface area (Å²) >= 11 is 0. The summed E-state index contributed by atoms with van der Waals surface area (Å²) in [5, 5.41) is 30.7. The molecule has 0 bridgehead atoms. The minimum atomic E-state index is -5.07. The first kappa shape index (κ1) is 58.6. The maximum Gasteiger partial charge on any atom is 0.397 e. The van der Waals surface area contributed by atoms with Crippen LogP contribution in [0.5, 0.6) is 0 Å². The highest BCUT2D eigenvalue weighted by atomic mass is 32.3. The molecule has 0 aliphatic carbocycles. The lowest BCUT2D eigenvalue weighted by Crippen LogP contribution is -2.60. The molecule has 0 aromatic carbocycles. The van der Waals surface area contributed by atoms with Crippen LogP contribution in [0.1, 0.15) is 174 Å². The van der Waals surface area contributed by atoms with Crippen molar-refractivity contribution in [3.63, 3.8) is 0 Å². The van der Waals surface area contributed by atoms with E-state index in [1.165, 1.54) is 51.4 Å². The van der Waals surface area contributed by atoms with Gasteiger partial charge >= 0.3 is 16.4 Å². The second-order valence-electron chi connectivity index (χ2n) is 16.3. The maximum atomic E-state index is 12.9. The van der Waals surface area contributed by atoms with Gasteiger partial charge in [0.25, 0.3) is 0 Å². The molecule has 1 aliphatic heterocycles. The number of aliphatic hydroxyl groups is 3. The predicted molar refractivity (Wildman–Crippen MR) is 252 cm³/mol. The second kappa shape index (κ2) is 41.0. The smallest absolute Gasteiger partial charge is 0.397 e. The number of aliphatic hydroxyl groups excluding tert-OH is 3. The first-order valence-corrected chi connectivity index (χ1v) is 25.6. The highest BCUT2D eigenvalue weighted by Gasteiger charge is 2.48. The van der Waals surface area contributed by atoms with E-state index in [0.717, 1.165) is 96.3 Å². The van der Waals surface area contributed by atoms with E-state index in [2.05, 4.69) is 90.9 Å². The second-order valence-corrected chi connectivity index (χ2v) is 17.4. The molecule has 13 heteroatoms. The standard InChI is InChI=1S/C50H86O12S/c1-3-5-7-9-11-13-15-17-19-20-21-22-23-24-25-27-29-31-33-35-37-39-46(52)60-44(43-59-50-48(54)49(62-63(55,56)57)47(53)45(41-51)61-50)42-58-40-38-36-34-32-30-28-26-18-16-14-12-10-8-6-4-2/h5,7,10-13,16-19,21-22,44-45,47-51,53-54H,3-4,6,8-9,14-15,20,23-43H2,1-2H3,(H,55,56,57)/b7-5-,12-10-,13-11-,18-16-,19-17-,22-21-. The summed E-state index contributed by atoms with van der Waals surface area (Å²) in [5.74, 6) is -0.414. The van der Waals surface area contributed by atoms with Crippen LogP contribution in [0.15, 0.2) is 72.9 Å². The Bertz CT molecular complexity index is 1370. The number of rotatable bonds is 41. The lowest BCUT2D eigenvalue weighted by molar-refractivity contribution is -0.301. The van der Waals surface area contributed by atoms with Gasteiger partial charge in [-0.2, -0.15) is 8.42 Å². The Balaban J connectivity index is 2.40. The molecule has 0 aromatic rings. The van der Waals surface area contributed by atoms with Gasteiger partial charge in [0.2, 0.25) is 0 Å². The van der Waals surface area contributed by atoms with E-state index in [1.807, 2.05) is 0 Å². The number of hydrogen-bond acceptors (Lipinski definition) is 11. The molecule has 1 heterocycles. The molecule has 1 rings (SSSR count). The van der Waals surface area contributed by atoms with E-state index in [9.17, 15) is 33.1 Å². The van der Waals surface area contributed by atoms with Crippen molar-refractivity contribution >= 4 is 16.4 Å². The fraction of sp³-hybridized carbons (Fsp3) is 0.740. The molecule has 364 valence electrons. The molecule has 0 aromatic heterocycles. The summed E-state index contributed by atoms with van der Waals surface area (Å²) in [5.41, 5.74) is 0. The third kappa shape index (κ3) is 34.5. The Labute approximate surface area is 381 Å². The quantitative estimate of drug-likeness (QED) is 0.0198. The van der Waals surface area contributed by atoms with Crippen molar-refractivity contribution in [1.82, 2.24) is 0 Å². The molecule has 0 radical (unpaired) electrons. The maximum absolute atomic E-state index is 12.9. The minimum Gasteiger partial charge on any atom is -0.457 e. The Morgan fingerprint density at radius 1 is 0.619 bits per heavy atom. The van der Waals surface area contributed by atoms with Gasteiger partial charge < -0.3 is 34.3 Å². The van der Waals surface area contributed by atoms with Gasteiger partial charge in [0, 0.05) is 13.0 Å². The number of allylic oxidation sites excluding steroid dienone is 12.